The van der Waals surface area contributed by atoms with Gasteiger partial charge in [0.25, 0.3) is 0 Å². The van der Waals surface area contributed by atoms with E-state index in [0.717, 1.165) is 10.2 Å². The molecule has 0 aliphatic rings. The maximum atomic E-state index is 10.8. The lowest BCUT2D eigenvalue weighted by Crippen LogP contribution is -2.26. The number of rotatable bonds is 4. The van der Waals surface area contributed by atoms with Gasteiger partial charge < -0.3 is 11.1 Å². The number of anilines is 1. The van der Waals surface area contributed by atoms with Crippen LogP contribution in [0.5, 0.6) is 0 Å². The summed E-state index contributed by atoms with van der Waals surface area (Å²) in [7, 11) is 0. The topological polar surface area (TPSA) is 55.1 Å². The van der Waals surface area contributed by atoms with E-state index in [1.807, 2.05) is 25.1 Å². The quantitative estimate of drug-likeness (QED) is 0.882. The lowest BCUT2D eigenvalue weighted by molar-refractivity contribution is -0.120. The molecule has 0 fully saturated rings. The Labute approximate surface area is 98.2 Å². The van der Waals surface area contributed by atoms with Gasteiger partial charge in [-0.05, 0) is 40.5 Å². The van der Waals surface area contributed by atoms with Gasteiger partial charge in [-0.1, -0.05) is 13.0 Å². The average molecular weight is 271 g/mol. The van der Waals surface area contributed by atoms with E-state index in [1.54, 1.807) is 6.92 Å². The highest BCUT2D eigenvalue weighted by Crippen LogP contribution is 2.23. The molecule has 15 heavy (non-hydrogen) atoms. The van der Waals surface area contributed by atoms with E-state index in [0.29, 0.717) is 6.54 Å². The van der Waals surface area contributed by atoms with E-state index < -0.39 is 0 Å². The minimum absolute atomic E-state index is 0.169. The van der Waals surface area contributed by atoms with Crippen LogP contribution in [0, 0.1) is 12.8 Å². The van der Waals surface area contributed by atoms with Crippen molar-refractivity contribution in [1.82, 2.24) is 0 Å². The maximum absolute atomic E-state index is 10.8. The predicted molar refractivity (Wildman–Crippen MR) is 65.7 cm³/mol. The standard InChI is InChI=1S/C11H15BrN2O/c1-7-3-4-9(12)10(5-7)14-6-8(2)11(13)15/h3-5,8,14H,6H2,1-2H3,(H2,13,15). The zero-order chi connectivity index (χ0) is 11.4. The number of benzene rings is 1. The van der Waals surface area contributed by atoms with Crippen LogP contribution < -0.4 is 11.1 Å². The molecule has 0 aliphatic carbocycles. The van der Waals surface area contributed by atoms with Gasteiger partial charge in [0, 0.05) is 16.7 Å². The van der Waals surface area contributed by atoms with Crippen LogP contribution in [0.4, 0.5) is 5.69 Å². The Morgan fingerprint density at radius 1 is 1.60 bits per heavy atom. The summed E-state index contributed by atoms with van der Waals surface area (Å²) in [6, 6.07) is 6.02. The fourth-order valence-corrected chi connectivity index (χ4v) is 1.53. The Morgan fingerprint density at radius 2 is 2.27 bits per heavy atom. The lowest BCUT2D eigenvalue weighted by Gasteiger charge is -2.12. The number of carbonyl (C=O) groups excluding carboxylic acids is 1. The van der Waals surface area contributed by atoms with Crippen LogP contribution in [0.3, 0.4) is 0 Å². The molecule has 1 amide bonds. The summed E-state index contributed by atoms with van der Waals surface area (Å²) in [6.45, 7) is 4.38. The summed E-state index contributed by atoms with van der Waals surface area (Å²) in [6.07, 6.45) is 0. The molecule has 0 spiro atoms. The van der Waals surface area contributed by atoms with Crippen LogP contribution >= 0.6 is 15.9 Å². The number of primary amides is 1. The van der Waals surface area contributed by atoms with E-state index >= 15 is 0 Å². The SMILES string of the molecule is Cc1ccc(Br)c(NCC(C)C(N)=O)c1. The van der Waals surface area contributed by atoms with Gasteiger partial charge in [-0.15, -0.1) is 0 Å². The molecule has 1 aromatic carbocycles. The van der Waals surface area contributed by atoms with Crippen molar-refractivity contribution in [3.05, 3.63) is 28.2 Å². The minimum atomic E-state index is -0.286. The molecular formula is C11H15BrN2O. The van der Waals surface area contributed by atoms with Crippen LogP contribution in [0.1, 0.15) is 12.5 Å². The van der Waals surface area contributed by atoms with Crippen molar-refractivity contribution in [3.8, 4) is 0 Å². The second kappa shape index (κ2) is 5.16. The number of carbonyl (C=O) groups is 1. The van der Waals surface area contributed by atoms with Crippen molar-refractivity contribution >= 4 is 27.5 Å². The summed E-state index contributed by atoms with van der Waals surface area (Å²) in [5.74, 6) is -0.455. The van der Waals surface area contributed by atoms with Crippen molar-refractivity contribution in [2.24, 2.45) is 11.7 Å². The number of nitrogens with two attached hydrogens (primary N) is 1. The van der Waals surface area contributed by atoms with Crippen LogP contribution in [-0.2, 0) is 4.79 Å². The van der Waals surface area contributed by atoms with Gasteiger partial charge in [-0.3, -0.25) is 4.79 Å². The number of aryl methyl sites for hydroxylation is 1. The molecule has 1 atom stereocenters. The van der Waals surface area contributed by atoms with Crippen LogP contribution in [-0.4, -0.2) is 12.5 Å². The van der Waals surface area contributed by atoms with Gasteiger partial charge in [0.1, 0.15) is 0 Å². The highest BCUT2D eigenvalue weighted by Gasteiger charge is 2.08. The number of hydrogen-bond donors (Lipinski definition) is 2. The lowest BCUT2D eigenvalue weighted by atomic mass is 10.1. The van der Waals surface area contributed by atoms with Gasteiger partial charge in [-0.2, -0.15) is 0 Å². The number of nitrogens with one attached hydrogen (secondary N) is 1. The zero-order valence-electron chi connectivity index (χ0n) is 8.88. The van der Waals surface area contributed by atoms with E-state index in [4.69, 9.17) is 5.73 Å². The average Bonchev–Trinajstić information content (AvgIpc) is 2.18. The summed E-state index contributed by atoms with van der Waals surface area (Å²) in [5, 5.41) is 3.19. The Kier molecular flexibility index (Phi) is 4.15. The normalized spacial score (nSPS) is 12.2. The smallest absolute Gasteiger partial charge is 0.222 e. The summed E-state index contributed by atoms with van der Waals surface area (Å²) in [5.41, 5.74) is 7.34. The summed E-state index contributed by atoms with van der Waals surface area (Å²) in [4.78, 5) is 10.8. The molecule has 0 bridgehead atoms. The highest BCUT2D eigenvalue weighted by atomic mass is 79.9. The Morgan fingerprint density at radius 3 is 2.87 bits per heavy atom. The monoisotopic (exact) mass is 270 g/mol. The van der Waals surface area contributed by atoms with Gasteiger partial charge in [0.2, 0.25) is 5.91 Å². The van der Waals surface area contributed by atoms with E-state index in [9.17, 15) is 4.79 Å². The van der Waals surface area contributed by atoms with Gasteiger partial charge in [0.05, 0.1) is 5.92 Å². The predicted octanol–water partition coefficient (Wildman–Crippen LogP) is 2.29. The van der Waals surface area contributed by atoms with Crippen LogP contribution in [0.2, 0.25) is 0 Å². The highest BCUT2D eigenvalue weighted by molar-refractivity contribution is 9.10. The summed E-state index contributed by atoms with van der Waals surface area (Å²) >= 11 is 3.44. The van der Waals surface area contributed by atoms with E-state index in [-0.39, 0.29) is 11.8 Å². The molecule has 82 valence electrons. The minimum Gasteiger partial charge on any atom is -0.383 e. The molecular weight excluding hydrogens is 256 g/mol. The number of halogens is 1. The molecule has 1 aromatic rings. The van der Waals surface area contributed by atoms with Crippen LogP contribution in [0.15, 0.2) is 22.7 Å². The molecule has 1 rings (SSSR count). The second-order valence-corrected chi connectivity index (χ2v) is 4.52. The van der Waals surface area contributed by atoms with Gasteiger partial charge in [0.15, 0.2) is 0 Å². The fraction of sp³-hybridized carbons (Fsp3) is 0.364. The van der Waals surface area contributed by atoms with Crippen molar-refractivity contribution in [1.29, 1.82) is 0 Å². The Bertz CT molecular complexity index is 366. The molecule has 0 saturated carbocycles. The van der Waals surface area contributed by atoms with Crippen molar-refractivity contribution in [3.63, 3.8) is 0 Å². The molecule has 0 saturated heterocycles. The fourth-order valence-electron chi connectivity index (χ4n) is 1.14. The Hall–Kier alpha value is -1.03. The molecule has 0 aromatic heterocycles. The molecule has 3 N–H and O–H groups in total. The second-order valence-electron chi connectivity index (χ2n) is 3.67. The Balaban J connectivity index is 2.65. The molecule has 4 heteroatoms. The number of hydrogen-bond acceptors (Lipinski definition) is 2. The largest absolute Gasteiger partial charge is 0.383 e. The third-order valence-corrected chi connectivity index (χ3v) is 2.90. The van der Waals surface area contributed by atoms with Crippen molar-refractivity contribution < 1.29 is 4.79 Å². The first-order valence-electron chi connectivity index (χ1n) is 4.80. The first-order chi connectivity index (χ1) is 7.00. The zero-order valence-corrected chi connectivity index (χ0v) is 10.5. The van der Waals surface area contributed by atoms with Crippen molar-refractivity contribution in [2.45, 2.75) is 13.8 Å². The number of amides is 1. The molecule has 1 unspecified atom stereocenters. The van der Waals surface area contributed by atoms with Gasteiger partial charge >= 0.3 is 0 Å². The first-order valence-corrected chi connectivity index (χ1v) is 5.59. The maximum Gasteiger partial charge on any atom is 0.222 e. The molecule has 0 heterocycles. The molecule has 3 nitrogen and oxygen atoms in total. The summed E-state index contributed by atoms with van der Waals surface area (Å²) < 4.78 is 0.991. The van der Waals surface area contributed by atoms with E-state index in [1.165, 1.54) is 5.56 Å². The van der Waals surface area contributed by atoms with E-state index in [2.05, 4.69) is 21.2 Å². The van der Waals surface area contributed by atoms with Crippen molar-refractivity contribution in [2.75, 3.05) is 11.9 Å². The van der Waals surface area contributed by atoms with Crippen LogP contribution in [0.25, 0.3) is 0 Å². The third-order valence-electron chi connectivity index (χ3n) is 2.21. The molecule has 0 aliphatic heterocycles. The molecule has 0 radical (unpaired) electrons. The third kappa shape index (κ3) is 3.55. The first kappa shape index (κ1) is 12.0. The van der Waals surface area contributed by atoms with Gasteiger partial charge in [-0.25, -0.2) is 0 Å².